The quantitative estimate of drug-likeness (QED) is 0.731. The second-order valence-electron chi connectivity index (χ2n) is 10.1. The highest BCUT2D eigenvalue weighted by Gasteiger charge is 2.71. The molecule has 0 amide bonds. The van der Waals surface area contributed by atoms with E-state index in [1.54, 1.807) is 6.92 Å². The molecule has 3 nitrogen and oxygen atoms in total. The molecule has 4 rings (SSSR count). The van der Waals surface area contributed by atoms with Crippen molar-refractivity contribution >= 4 is 0 Å². The van der Waals surface area contributed by atoms with Gasteiger partial charge in [0.2, 0.25) is 0 Å². The summed E-state index contributed by atoms with van der Waals surface area (Å²) in [5, 5.41) is 33.9. The second kappa shape index (κ2) is 5.19. The average molecular weight is 325 g/mol. The fourth-order valence-electron chi connectivity index (χ4n) is 6.79. The minimum Gasteiger partial charge on any atom is -0.390 e. The Morgan fingerprint density at radius 1 is 1.04 bits per heavy atom. The minimum absolute atomic E-state index is 0.00859. The molecule has 0 aromatic rings. The Kier molecular flexibility index (Phi) is 3.99. The molecule has 4 aliphatic carbocycles. The van der Waals surface area contributed by atoms with Crippen LogP contribution in [-0.2, 0) is 0 Å². The summed E-state index contributed by atoms with van der Waals surface area (Å²) >= 11 is 0. The number of fused-ring (bicyclic) bond motifs is 2. The van der Waals surface area contributed by atoms with Gasteiger partial charge in [0.25, 0.3) is 0 Å². The molecule has 4 saturated carbocycles. The van der Waals surface area contributed by atoms with Crippen molar-refractivity contribution in [3.63, 3.8) is 0 Å². The van der Waals surface area contributed by atoms with E-state index in [9.17, 15) is 15.3 Å². The highest BCUT2D eigenvalue weighted by atomic mass is 16.3. The molecule has 3 heteroatoms. The summed E-state index contributed by atoms with van der Waals surface area (Å²) in [6.07, 6.45) is 3.04. The third-order valence-electron chi connectivity index (χ3n) is 8.09. The van der Waals surface area contributed by atoms with Crippen molar-refractivity contribution in [2.24, 2.45) is 40.9 Å². The van der Waals surface area contributed by atoms with Crippen molar-refractivity contribution in [2.45, 2.75) is 84.5 Å². The molecule has 134 valence electrons. The van der Waals surface area contributed by atoms with Crippen molar-refractivity contribution in [1.82, 2.24) is 0 Å². The molecule has 0 aliphatic heterocycles. The van der Waals surface area contributed by atoms with E-state index in [0.717, 1.165) is 25.7 Å². The largest absolute Gasteiger partial charge is 0.390 e. The SMILES string of the molecule is CC1CCC(C(C)C)C(O)(C2C3CC(C3(C)C)C(C)(O)C2O)C1. The Bertz CT molecular complexity index is 468. The highest BCUT2D eigenvalue weighted by Crippen LogP contribution is 2.68. The Hall–Kier alpha value is -0.120. The molecule has 4 fully saturated rings. The Morgan fingerprint density at radius 2 is 1.65 bits per heavy atom. The maximum Gasteiger partial charge on any atom is 0.0914 e. The lowest BCUT2D eigenvalue weighted by atomic mass is 9.37. The molecule has 4 aliphatic rings. The van der Waals surface area contributed by atoms with Crippen molar-refractivity contribution in [1.29, 1.82) is 0 Å². The molecule has 0 aromatic carbocycles. The zero-order valence-electron chi connectivity index (χ0n) is 15.7. The molecule has 0 spiro atoms. The van der Waals surface area contributed by atoms with Gasteiger partial charge >= 0.3 is 0 Å². The topological polar surface area (TPSA) is 60.7 Å². The highest BCUT2D eigenvalue weighted by molar-refractivity contribution is 5.20. The zero-order valence-corrected chi connectivity index (χ0v) is 15.7. The van der Waals surface area contributed by atoms with Gasteiger partial charge < -0.3 is 15.3 Å². The summed E-state index contributed by atoms with van der Waals surface area (Å²) in [5.41, 5.74) is -1.96. The van der Waals surface area contributed by atoms with E-state index in [4.69, 9.17) is 0 Å². The van der Waals surface area contributed by atoms with Crippen molar-refractivity contribution in [3.8, 4) is 0 Å². The van der Waals surface area contributed by atoms with E-state index >= 15 is 0 Å². The first-order valence-electron chi connectivity index (χ1n) is 9.56. The van der Waals surface area contributed by atoms with Crippen LogP contribution >= 0.6 is 0 Å². The van der Waals surface area contributed by atoms with Crippen LogP contribution in [-0.4, -0.2) is 32.6 Å². The molecule has 0 aromatic heterocycles. The summed E-state index contributed by atoms with van der Waals surface area (Å²) in [7, 11) is 0. The van der Waals surface area contributed by atoms with Gasteiger partial charge in [-0.25, -0.2) is 0 Å². The number of aliphatic hydroxyl groups is 3. The molecule has 0 radical (unpaired) electrons. The molecular weight excluding hydrogens is 288 g/mol. The van der Waals surface area contributed by atoms with Crippen molar-refractivity contribution in [3.05, 3.63) is 0 Å². The van der Waals surface area contributed by atoms with Crippen LogP contribution in [0.15, 0.2) is 0 Å². The van der Waals surface area contributed by atoms with Crippen molar-refractivity contribution < 1.29 is 15.3 Å². The van der Waals surface area contributed by atoms with Crippen LogP contribution < -0.4 is 0 Å². The molecule has 8 unspecified atom stereocenters. The molecule has 23 heavy (non-hydrogen) atoms. The van der Waals surface area contributed by atoms with Gasteiger partial charge in [-0.2, -0.15) is 0 Å². The van der Waals surface area contributed by atoms with Crippen molar-refractivity contribution in [2.75, 3.05) is 0 Å². The van der Waals surface area contributed by atoms with Gasteiger partial charge in [-0.05, 0) is 61.2 Å². The first kappa shape index (κ1) is 17.7. The van der Waals surface area contributed by atoms with E-state index in [1.807, 2.05) is 0 Å². The van der Waals surface area contributed by atoms with Gasteiger partial charge in [0.15, 0.2) is 0 Å². The predicted molar refractivity (Wildman–Crippen MR) is 91.8 cm³/mol. The zero-order chi connectivity index (χ0) is 17.4. The molecule has 0 heterocycles. The van der Waals surface area contributed by atoms with Crippen LogP contribution in [0.4, 0.5) is 0 Å². The molecule has 3 N–H and O–H groups in total. The minimum atomic E-state index is -1.10. The number of rotatable bonds is 2. The van der Waals surface area contributed by atoms with Crippen LogP contribution in [0.2, 0.25) is 0 Å². The van der Waals surface area contributed by atoms with Gasteiger partial charge in [-0.3, -0.25) is 0 Å². The lowest BCUT2D eigenvalue weighted by molar-refractivity contribution is -0.318. The van der Waals surface area contributed by atoms with Gasteiger partial charge in [-0.1, -0.05) is 41.0 Å². The van der Waals surface area contributed by atoms with Gasteiger partial charge in [0, 0.05) is 5.92 Å². The predicted octanol–water partition coefficient (Wildman–Crippen LogP) is 3.21. The Morgan fingerprint density at radius 3 is 2.17 bits per heavy atom. The van der Waals surface area contributed by atoms with Gasteiger partial charge in [0.1, 0.15) is 0 Å². The van der Waals surface area contributed by atoms with E-state index < -0.39 is 17.3 Å². The number of aliphatic hydroxyl groups excluding tert-OH is 1. The lowest BCUT2D eigenvalue weighted by Crippen LogP contribution is -2.75. The normalized spacial score (nSPS) is 55.6. The summed E-state index contributed by atoms with van der Waals surface area (Å²) < 4.78 is 0. The molecule has 0 saturated heterocycles. The first-order chi connectivity index (χ1) is 10.4. The first-order valence-corrected chi connectivity index (χ1v) is 9.56. The maximum atomic E-state index is 11.9. The fourth-order valence-corrected chi connectivity index (χ4v) is 6.79. The van der Waals surface area contributed by atoms with Gasteiger partial charge in [0.05, 0.1) is 17.3 Å². The summed E-state index contributed by atoms with van der Waals surface area (Å²) in [6.45, 7) is 12.8. The number of hydrogen-bond donors (Lipinski definition) is 3. The number of hydrogen-bond acceptors (Lipinski definition) is 3. The monoisotopic (exact) mass is 324 g/mol. The van der Waals surface area contributed by atoms with Crippen LogP contribution in [0.5, 0.6) is 0 Å². The summed E-state index contributed by atoms with van der Waals surface area (Å²) in [4.78, 5) is 0. The van der Waals surface area contributed by atoms with Crippen LogP contribution in [0.3, 0.4) is 0 Å². The van der Waals surface area contributed by atoms with E-state index in [0.29, 0.717) is 17.8 Å². The Labute approximate surface area is 141 Å². The molecular formula is C20H36O3. The third kappa shape index (κ3) is 2.26. The Balaban J connectivity index is 2.03. The average Bonchev–Trinajstić information content (AvgIpc) is 2.39. The molecule has 2 bridgehead atoms. The van der Waals surface area contributed by atoms with E-state index in [-0.39, 0.29) is 23.2 Å². The van der Waals surface area contributed by atoms with Crippen LogP contribution in [0.1, 0.15) is 67.2 Å². The van der Waals surface area contributed by atoms with E-state index in [1.165, 1.54) is 0 Å². The summed E-state index contributed by atoms with van der Waals surface area (Å²) in [6, 6.07) is 0. The lowest BCUT2D eigenvalue weighted by Gasteiger charge is -2.70. The maximum absolute atomic E-state index is 11.9. The third-order valence-corrected chi connectivity index (χ3v) is 8.09. The second-order valence-corrected chi connectivity index (χ2v) is 10.1. The standard InChI is InChI=1S/C20H36O3/c1-11(2)13-8-7-12(3)10-20(13,23)16-14-9-15(18(14,4)5)19(6,22)17(16)21/h11-17,21-23H,7-10H2,1-6H3. The van der Waals surface area contributed by atoms with Gasteiger partial charge in [-0.15, -0.1) is 0 Å². The smallest absolute Gasteiger partial charge is 0.0914 e. The van der Waals surface area contributed by atoms with Crippen LogP contribution in [0, 0.1) is 40.9 Å². The summed E-state index contributed by atoms with van der Waals surface area (Å²) in [5.74, 6) is 1.31. The van der Waals surface area contributed by atoms with Crippen LogP contribution in [0.25, 0.3) is 0 Å². The molecule has 8 atom stereocenters. The van der Waals surface area contributed by atoms with E-state index in [2.05, 4.69) is 34.6 Å². The fraction of sp³-hybridized carbons (Fsp3) is 1.00.